The summed E-state index contributed by atoms with van der Waals surface area (Å²) < 4.78 is 61.2. The second-order valence-electron chi connectivity index (χ2n) is 26.4. The number of aliphatic hydroxyl groups is 2. The number of allylic oxidation sites excluding steroid dienone is 28. The molecule has 5 atom stereocenters. The molecule has 0 saturated heterocycles. The largest absolute Gasteiger partial charge is 0.472 e. The fraction of sp³-hybridized carbons (Fsp3) is 0.644. The van der Waals surface area contributed by atoms with Gasteiger partial charge in [0.1, 0.15) is 25.4 Å². The van der Waals surface area contributed by atoms with Gasteiger partial charge in [-0.3, -0.25) is 32.5 Å². The summed E-state index contributed by atoms with van der Waals surface area (Å²) in [5.74, 6) is -1.63. The molecular weight excluding hydrogens is 1360 g/mol. The van der Waals surface area contributed by atoms with E-state index in [9.17, 15) is 43.5 Å². The maximum Gasteiger partial charge on any atom is 0.472 e. The number of phosphoric acid groups is 2. The fourth-order valence-corrected chi connectivity index (χ4v) is 12.0. The van der Waals surface area contributed by atoms with Gasteiger partial charge in [0.2, 0.25) is 0 Å². The van der Waals surface area contributed by atoms with Crippen LogP contribution in [0.4, 0.5) is 0 Å². The number of aliphatic hydroxyl groups excluding tert-OH is 2. The van der Waals surface area contributed by atoms with Crippen LogP contribution in [0.25, 0.3) is 0 Å². The number of ether oxygens (including phenoxy) is 3. The highest BCUT2D eigenvalue weighted by Crippen LogP contribution is 2.45. The van der Waals surface area contributed by atoms with Gasteiger partial charge < -0.3 is 34.2 Å². The molecule has 0 aliphatic rings. The summed E-state index contributed by atoms with van der Waals surface area (Å²) >= 11 is 0. The molecule has 0 amide bonds. The molecular formula is C87H144O16P2. The van der Waals surface area contributed by atoms with Crippen LogP contribution in [0.2, 0.25) is 0 Å². The molecule has 0 aromatic rings. The van der Waals surface area contributed by atoms with Gasteiger partial charge in [-0.1, -0.05) is 306 Å². The second-order valence-corrected chi connectivity index (χ2v) is 29.3. The molecule has 18 heteroatoms. The van der Waals surface area contributed by atoms with Crippen molar-refractivity contribution in [3.8, 4) is 0 Å². The Labute approximate surface area is 637 Å². The Morgan fingerprint density at radius 3 is 0.752 bits per heavy atom. The van der Waals surface area contributed by atoms with E-state index in [2.05, 4.69) is 191 Å². The highest BCUT2D eigenvalue weighted by molar-refractivity contribution is 7.47. The van der Waals surface area contributed by atoms with E-state index in [1.54, 1.807) is 0 Å². The van der Waals surface area contributed by atoms with Crippen LogP contribution >= 0.6 is 15.6 Å². The summed E-state index contributed by atoms with van der Waals surface area (Å²) in [4.78, 5) is 58.7. The standard InChI is InChI=1S/C87H144O16P2/c1-4-7-10-13-16-19-22-25-28-31-33-35-36-37-38-39-40-41-42-43-44-46-48-50-52-55-58-61-64-67-70-73-85(90)97-76-82(88)77-99-104(93,94)100-78-83(89)79-101-105(95,96)102-81-84(103-87(92)75-72-69-66-63-60-57-54-49-30-27-24-21-18-15-12-9-6-3)80-98-86(91)74-71-68-65-62-59-56-53-51-47-45-34-32-29-26-23-20-17-14-11-8-5-2/h7-12,16-21,25-30,33-35,37-38,45,51,53-54,57,82-84,88-89H,4-6,13-15,22-24,31-32,36,39-44,46-50,52,55-56,58-81H2,1-3H3,(H,93,94)(H,95,96)/b10-7-,11-8-,12-9-,19-16-,20-17-,21-18-,28-25-,29-26-,30-27-,35-33-,38-37-,45-34-,53-51-,57-54-. The minimum atomic E-state index is -4.95. The first-order chi connectivity index (χ1) is 51.2. The van der Waals surface area contributed by atoms with Crippen molar-refractivity contribution in [2.24, 2.45) is 0 Å². The number of phosphoric ester groups is 2. The molecule has 0 bridgehead atoms. The summed E-state index contributed by atoms with van der Waals surface area (Å²) in [6.45, 7) is 2.29. The molecule has 598 valence electrons. The first-order valence-corrected chi connectivity index (χ1v) is 43.4. The van der Waals surface area contributed by atoms with Crippen LogP contribution in [0.5, 0.6) is 0 Å². The highest BCUT2D eigenvalue weighted by Gasteiger charge is 2.29. The third kappa shape index (κ3) is 79.8. The van der Waals surface area contributed by atoms with Gasteiger partial charge in [0, 0.05) is 19.3 Å². The van der Waals surface area contributed by atoms with Crippen molar-refractivity contribution in [3.63, 3.8) is 0 Å². The van der Waals surface area contributed by atoms with E-state index in [4.69, 9.17) is 32.3 Å². The van der Waals surface area contributed by atoms with E-state index in [0.717, 1.165) is 167 Å². The monoisotopic (exact) mass is 1510 g/mol. The third-order valence-electron chi connectivity index (χ3n) is 16.4. The molecule has 0 aromatic carbocycles. The number of rotatable bonds is 75. The Morgan fingerprint density at radius 1 is 0.267 bits per heavy atom. The van der Waals surface area contributed by atoms with Crippen LogP contribution in [-0.2, 0) is 55.8 Å². The molecule has 0 radical (unpaired) electrons. The molecule has 0 rings (SSSR count). The molecule has 0 spiro atoms. The number of carbonyl (C=O) groups is 3. The number of carbonyl (C=O) groups excluding carboxylic acids is 3. The average Bonchev–Trinajstić information content (AvgIpc) is 0.917. The Balaban J connectivity index is 4.56. The van der Waals surface area contributed by atoms with Crippen LogP contribution in [0.15, 0.2) is 170 Å². The Morgan fingerprint density at radius 2 is 0.476 bits per heavy atom. The van der Waals surface area contributed by atoms with Gasteiger partial charge in [0.15, 0.2) is 6.10 Å². The lowest BCUT2D eigenvalue weighted by Gasteiger charge is -2.21. The number of hydrogen-bond acceptors (Lipinski definition) is 14. The van der Waals surface area contributed by atoms with E-state index in [1.807, 2.05) is 0 Å². The van der Waals surface area contributed by atoms with Crippen LogP contribution < -0.4 is 0 Å². The van der Waals surface area contributed by atoms with Crippen molar-refractivity contribution in [2.45, 2.75) is 322 Å². The summed E-state index contributed by atoms with van der Waals surface area (Å²) in [5.41, 5.74) is 0. The normalized spacial score (nSPS) is 14.8. The van der Waals surface area contributed by atoms with Crippen molar-refractivity contribution in [1.82, 2.24) is 0 Å². The number of hydrogen-bond donors (Lipinski definition) is 4. The highest BCUT2D eigenvalue weighted by atomic mass is 31.2. The zero-order valence-electron chi connectivity index (χ0n) is 65.3. The van der Waals surface area contributed by atoms with E-state index >= 15 is 0 Å². The molecule has 0 aliphatic heterocycles. The first-order valence-electron chi connectivity index (χ1n) is 40.4. The maximum absolute atomic E-state index is 13.0. The number of unbranched alkanes of at least 4 members (excludes halogenated alkanes) is 24. The van der Waals surface area contributed by atoms with Crippen molar-refractivity contribution < 1.29 is 75.8 Å². The van der Waals surface area contributed by atoms with Gasteiger partial charge in [-0.2, -0.15) is 0 Å². The summed E-state index contributed by atoms with van der Waals surface area (Å²) in [5, 5.41) is 20.7. The third-order valence-corrected chi connectivity index (χ3v) is 18.3. The topological polar surface area (TPSA) is 231 Å². The van der Waals surface area contributed by atoms with E-state index < -0.39 is 91.5 Å². The van der Waals surface area contributed by atoms with Gasteiger partial charge in [-0.25, -0.2) is 9.13 Å². The average molecular weight is 1510 g/mol. The molecule has 0 saturated carbocycles. The van der Waals surface area contributed by atoms with Crippen LogP contribution in [0, 0.1) is 0 Å². The van der Waals surface area contributed by atoms with Gasteiger partial charge in [0.25, 0.3) is 0 Å². The number of esters is 3. The predicted molar refractivity (Wildman–Crippen MR) is 435 cm³/mol. The summed E-state index contributed by atoms with van der Waals surface area (Å²) in [6, 6.07) is 0. The van der Waals surface area contributed by atoms with Crippen molar-refractivity contribution in [3.05, 3.63) is 170 Å². The quantitative estimate of drug-likeness (QED) is 0.0146. The van der Waals surface area contributed by atoms with Crippen molar-refractivity contribution in [1.29, 1.82) is 0 Å². The van der Waals surface area contributed by atoms with Gasteiger partial charge in [0.05, 0.1) is 26.4 Å². The lowest BCUT2D eigenvalue weighted by Crippen LogP contribution is -2.30. The lowest BCUT2D eigenvalue weighted by atomic mass is 10.0. The minimum absolute atomic E-state index is 0.0664. The smallest absolute Gasteiger partial charge is 0.463 e. The first kappa shape index (κ1) is 99.9. The van der Waals surface area contributed by atoms with Gasteiger partial charge in [-0.05, 0) is 148 Å². The Kier molecular flexibility index (Phi) is 74.7. The zero-order valence-corrected chi connectivity index (χ0v) is 67.1. The van der Waals surface area contributed by atoms with Crippen molar-refractivity contribution in [2.75, 3.05) is 39.6 Å². The zero-order chi connectivity index (χ0) is 76.6. The fourth-order valence-electron chi connectivity index (χ4n) is 10.4. The van der Waals surface area contributed by atoms with Crippen LogP contribution in [0.3, 0.4) is 0 Å². The molecule has 4 N–H and O–H groups in total. The van der Waals surface area contributed by atoms with Gasteiger partial charge in [-0.15, -0.1) is 0 Å². The van der Waals surface area contributed by atoms with Gasteiger partial charge >= 0.3 is 33.6 Å². The Hall–Kier alpha value is -5.09. The Bertz CT molecular complexity index is 2590. The second kappa shape index (κ2) is 78.5. The maximum atomic E-state index is 13.0. The minimum Gasteiger partial charge on any atom is -0.463 e. The molecule has 105 heavy (non-hydrogen) atoms. The summed E-state index contributed by atoms with van der Waals surface area (Å²) in [6.07, 6.45) is 99.8. The van der Waals surface area contributed by atoms with Crippen LogP contribution in [-0.4, -0.2) is 95.9 Å². The van der Waals surface area contributed by atoms with E-state index in [0.29, 0.717) is 19.3 Å². The molecule has 0 aliphatic carbocycles. The molecule has 5 unspecified atom stereocenters. The van der Waals surface area contributed by atoms with E-state index in [1.165, 1.54) is 77.0 Å². The SMILES string of the molecule is CC/C=C\C/C=C\C/C=C\C/C=C\C/C=C\CCCCCCCCCCCCCCCCCC(=O)OCC(O)COP(=O)(O)OCC(O)COP(=O)(O)OCC(COC(=O)CCCCCCC/C=C\C/C=C\C/C=C\C/C=C\C/C=C\CC)OC(=O)CCCCCC/C=C\C/C=C\C/C=C\C/C=C\CC. The molecule has 0 aromatic heterocycles. The lowest BCUT2D eigenvalue weighted by molar-refractivity contribution is -0.161. The molecule has 0 heterocycles. The molecule has 16 nitrogen and oxygen atoms in total. The predicted octanol–water partition coefficient (Wildman–Crippen LogP) is 24.0. The van der Waals surface area contributed by atoms with Crippen molar-refractivity contribution >= 4 is 33.6 Å². The van der Waals surface area contributed by atoms with Crippen LogP contribution in [0.1, 0.15) is 303 Å². The van der Waals surface area contributed by atoms with E-state index in [-0.39, 0.29) is 19.3 Å². The molecule has 0 fully saturated rings. The summed E-state index contributed by atoms with van der Waals surface area (Å²) in [7, 11) is -9.82.